The number of cyclic esters (lactones) is 1. The summed E-state index contributed by atoms with van der Waals surface area (Å²) in [4.78, 5) is 23.1. The van der Waals surface area contributed by atoms with Crippen LogP contribution in [0.4, 0.5) is 0 Å². The first-order chi connectivity index (χ1) is 7.15. The predicted molar refractivity (Wildman–Crippen MR) is 51.7 cm³/mol. The van der Waals surface area contributed by atoms with Crippen molar-refractivity contribution in [1.29, 1.82) is 0 Å². The molecule has 15 heavy (non-hydrogen) atoms. The molecule has 4 heteroatoms. The van der Waals surface area contributed by atoms with Crippen LogP contribution in [-0.4, -0.2) is 25.7 Å². The number of carbonyl (C=O) groups excluding carboxylic acids is 2. The third-order valence-electron chi connectivity index (χ3n) is 3.24. The summed E-state index contributed by atoms with van der Waals surface area (Å²) in [5, 5.41) is 0. The zero-order valence-corrected chi connectivity index (χ0v) is 8.80. The molecule has 0 bridgehead atoms. The van der Waals surface area contributed by atoms with Crippen LogP contribution in [0.15, 0.2) is 12.2 Å². The van der Waals surface area contributed by atoms with Gasteiger partial charge in [-0.05, 0) is 5.92 Å². The zero-order chi connectivity index (χ0) is 11.0. The monoisotopic (exact) mass is 210 g/mol. The Balaban J connectivity index is 2.30. The number of methoxy groups -OCH3 is 1. The number of hydrogen-bond donors (Lipinski definition) is 0. The van der Waals surface area contributed by atoms with Crippen LogP contribution in [-0.2, 0) is 19.1 Å². The molecule has 1 aliphatic carbocycles. The number of esters is 2. The largest absolute Gasteiger partial charge is 0.469 e. The number of carbonyl (C=O) groups is 2. The van der Waals surface area contributed by atoms with Gasteiger partial charge in [-0.3, -0.25) is 9.59 Å². The SMILES string of the molecule is COC(=O)[C@H]1[C@@H]2C(=O)OC[C@@H]2C=C[C@H]1C. The molecule has 0 aromatic heterocycles. The van der Waals surface area contributed by atoms with Crippen molar-refractivity contribution in [2.45, 2.75) is 6.92 Å². The molecule has 82 valence electrons. The van der Waals surface area contributed by atoms with Crippen molar-refractivity contribution in [1.82, 2.24) is 0 Å². The Morgan fingerprint density at radius 1 is 1.53 bits per heavy atom. The summed E-state index contributed by atoms with van der Waals surface area (Å²) in [6, 6.07) is 0. The first-order valence-electron chi connectivity index (χ1n) is 5.08. The molecular weight excluding hydrogens is 196 g/mol. The average molecular weight is 210 g/mol. The molecule has 0 amide bonds. The highest BCUT2D eigenvalue weighted by molar-refractivity contribution is 5.84. The van der Waals surface area contributed by atoms with Crippen molar-refractivity contribution < 1.29 is 19.1 Å². The van der Waals surface area contributed by atoms with Crippen LogP contribution in [0.2, 0.25) is 0 Å². The van der Waals surface area contributed by atoms with Gasteiger partial charge in [0.1, 0.15) is 0 Å². The van der Waals surface area contributed by atoms with Crippen molar-refractivity contribution in [2.75, 3.05) is 13.7 Å². The maximum absolute atomic E-state index is 11.6. The second-order valence-corrected chi connectivity index (χ2v) is 4.11. The van der Waals surface area contributed by atoms with Gasteiger partial charge in [0.15, 0.2) is 0 Å². The number of fused-ring (bicyclic) bond motifs is 1. The van der Waals surface area contributed by atoms with E-state index in [0.29, 0.717) is 6.61 Å². The van der Waals surface area contributed by atoms with Gasteiger partial charge in [-0.2, -0.15) is 0 Å². The van der Waals surface area contributed by atoms with E-state index in [-0.39, 0.29) is 35.6 Å². The second-order valence-electron chi connectivity index (χ2n) is 4.11. The van der Waals surface area contributed by atoms with Crippen molar-refractivity contribution in [3.8, 4) is 0 Å². The normalized spacial score (nSPS) is 38.4. The predicted octanol–water partition coefficient (Wildman–Crippen LogP) is 0.771. The van der Waals surface area contributed by atoms with E-state index in [2.05, 4.69) is 0 Å². The average Bonchev–Trinajstić information content (AvgIpc) is 2.60. The fourth-order valence-corrected chi connectivity index (χ4v) is 2.40. The smallest absolute Gasteiger partial charge is 0.310 e. The summed E-state index contributed by atoms with van der Waals surface area (Å²) in [5.74, 6) is -1.26. The van der Waals surface area contributed by atoms with E-state index in [1.165, 1.54) is 7.11 Å². The van der Waals surface area contributed by atoms with Gasteiger partial charge in [0.2, 0.25) is 0 Å². The standard InChI is InChI=1S/C11H14O4/c1-6-3-4-7-5-15-11(13)9(7)8(6)10(12)14-2/h3-4,6-9H,5H2,1-2H3/t6-,7+,8-,9-/m1/s1. The highest BCUT2D eigenvalue weighted by atomic mass is 16.5. The van der Waals surface area contributed by atoms with Gasteiger partial charge in [0, 0.05) is 5.92 Å². The van der Waals surface area contributed by atoms with E-state index in [0.717, 1.165) is 0 Å². The van der Waals surface area contributed by atoms with Crippen LogP contribution < -0.4 is 0 Å². The van der Waals surface area contributed by atoms with Gasteiger partial charge in [-0.15, -0.1) is 0 Å². The van der Waals surface area contributed by atoms with Crippen LogP contribution in [0, 0.1) is 23.7 Å². The molecule has 2 rings (SSSR count). The van der Waals surface area contributed by atoms with Crippen LogP contribution in [0.5, 0.6) is 0 Å². The molecule has 0 radical (unpaired) electrons. The van der Waals surface area contributed by atoms with Crippen molar-refractivity contribution in [2.24, 2.45) is 23.7 Å². The Labute approximate surface area is 88.2 Å². The van der Waals surface area contributed by atoms with Crippen LogP contribution in [0.1, 0.15) is 6.92 Å². The molecule has 0 unspecified atom stereocenters. The molecule has 2 aliphatic rings. The summed E-state index contributed by atoms with van der Waals surface area (Å²) < 4.78 is 9.71. The third kappa shape index (κ3) is 1.54. The molecule has 1 saturated heterocycles. The molecule has 0 aromatic carbocycles. The molecular formula is C11H14O4. The van der Waals surface area contributed by atoms with Crippen molar-refractivity contribution in [3.63, 3.8) is 0 Å². The lowest BCUT2D eigenvalue weighted by molar-refractivity contribution is -0.155. The van der Waals surface area contributed by atoms with Gasteiger partial charge < -0.3 is 9.47 Å². The lowest BCUT2D eigenvalue weighted by atomic mass is 9.72. The fourth-order valence-electron chi connectivity index (χ4n) is 2.40. The van der Waals surface area contributed by atoms with E-state index in [1.807, 2.05) is 19.1 Å². The van der Waals surface area contributed by atoms with Gasteiger partial charge in [0.05, 0.1) is 25.6 Å². The number of rotatable bonds is 1. The van der Waals surface area contributed by atoms with Gasteiger partial charge in [0.25, 0.3) is 0 Å². The molecule has 4 nitrogen and oxygen atoms in total. The first-order valence-corrected chi connectivity index (χ1v) is 5.08. The Morgan fingerprint density at radius 2 is 2.27 bits per heavy atom. The topological polar surface area (TPSA) is 52.6 Å². The molecule has 0 N–H and O–H groups in total. The lowest BCUT2D eigenvalue weighted by Gasteiger charge is -2.29. The minimum Gasteiger partial charge on any atom is -0.469 e. The molecule has 0 aromatic rings. The molecule has 0 saturated carbocycles. The third-order valence-corrected chi connectivity index (χ3v) is 3.24. The van der Waals surface area contributed by atoms with E-state index >= 15 is 0 Å². The lowest BCUT2D eigenvalue weighted by Crippen LogP contribution is -2.38. The highest BCUT2D eigenvalue weighted by Gasteiger charge is 2.48. The fraction of sp³-hybridized carbons (Fsp3) is 0.636. The summed E-state index contributed by atoms with van der Waals surface area (Å²) in [6.07, 6.45) is 3.93. The number of allylic oxidation sites excluding steroid dienone is 1. The van der Waals surface area contributed by atoms with E-state index in [1.54, 1.807) is 0 Å². The number of hydrogen-bond acceptors (Lipinski definition) is 4. The Kier molecular flexibility index (Phi) is 2.50. The summed E-state index contributed by atoms with van der Waals surface area (Å²) in [5.41, 5.74) is 0. The summed E-state index contributed by atoms with van der Waals surface area (Å²) >= 11 is 0. The first kappa shape index (κ1) is 10.2. The van der Waals surface area contributed by atoms with E-state index in [9.17, 15) is 9.59 Å². The molecule has 1 fully saturated rings. The van der Waals surface area contributed by atoms with Gasteiger partial charge in [-0.25, -0.2) is 0 Å². The second kappa shape index (κ2) is 3.68. The quantitative estimate of drug-likeness (QED) is 0.474. The maximum atomic E-state index is 11.6. The Bertz CT molecular complexity index is 321. The van der Waals surface area contributed by atoms with E-state index < -0.39 is 0 Å². The summed E-state index contributed by atoms with van der Waals surface area (Å²) in [7, 11) is 1.35. The van der Waals surface area contributed by atoms with Gasteiger partial charge in [-0.1, -0.05) is 19.1 Å². The minimum atomic E-state index is -0.389. The zero-order valence-electron chi connectivity index (χ0n) is 8.80. The minimum absolute atomic E-state index is 0.0318. The van der Waals surface area contributed by atoms with Crippen molar-refractivity contribution >= 4 is 11.9 Å². The Hall–Kier alpha value is -1.32. The van der Waals surface area contributed by atoms with Crippen LogP contribution in [0.3, 0.4) is 0 Å². The molecule has 4 atom stereocenters. The highest BCUT2D eigenvalue weighted by Crippen LogP contribution is 2.39. The van der Waals surface area contributed by atoms with Crippen LogP contribution >= 0.6 is 0 Å². The molecule has 1 aliphatic heterocycles. The van der Waals surface area contributed by atoms with E-state index in [4.69, 9.17) is 9.47 Å². The Morgan fingerprint density at radius 3 is 2.93 bits per heavy atom. The maximum Gasteiger partial charge on any atom is 0.310 e. The number of ether oxygens (including phenoxy) is 2. The van der Waals surface area contributed by atoms with Crippen molar-refractivity contribution in [3.05, 3.63) is 12.2 Å². The summed E-state index contributed by atoms with van der Waals surface area (Å²) in [6.45, 7) is 2.31. The van der Waals surface area contributed by atoms with Gasteiger partial charge >= 0.3 is 11.9 Å². The van der Waals surface area contributed by atoms with Crippen LogP contribution in [0.25, 0.3) is 0 Å². The molecule has 0 spiro atoms. The molecule has 1 heterocycles.